The Hall–Kier alpha value is -2.42. The molecule has 0 aromatic carbocycles. The zero-order valence-electron chi connectivity index (χ0n) is 11.5. The van der Waals surface area contributed by atoms with Gasteiger partial charge in [0.1, 0.15) is 17.8 Å². The van der Waals surface area contributed by atoms with Crippen molar-refractivity contribution in [3.8, 4) is 6.07 Å². The molecule has 0 fully saturated rings. The number of aryl methyl sites for hydroxylation is 1. The molecule has 106 valence electrons. The number of nitrogens with zero attached hydrogens (tertiary/aromatic N) is 2. The summed E-state index contributed by atoms with van der Waals surface area (Å²) in [6.07, 6.45) is 1.96. The standard InChI is InChI=1S/C14H17N3O3/c1-3-4-5-12(14(19)20)17-13(18)11-7-6-10(8-15)9(2)16-11/h6-7,12H,3-5H2,1-2H3,(H,17,18)(H,19,20)/t12-/m0/s1. The Bertz CT molecular complexity index is 549. The van der Waals surface area contributed by atoms with Crippen molar-refractivity contribution >= 4 is 11.9 Å². The topological polar surface area (TPSA) is 103 Å². The predicted molar refractivity (Wildman–Crippen MR) is 72.1 cm³/mol. The fraction of sp³-hybridized carbons (Fsp3) is 0.429. The lowest BCUT2D eigenvalue weighted by Crippen LogP contribution is -2.41. The van der Waals surface area contributed by atoms with E-state index in [9.17, 15) is 9.59 Å². The third-order valence-electron chi connectivity index (χ3n) is 2.89. The first kappa shape index (κ1) is 15.6. The van der Waals surface area contributed by atoms with E-state index in [1.165, 1.54) is 12.1 Å². The molecular weight excluding hydrogens is 258 g/mol. The van der Waals surface area contributed by atoms with Gasteiger partial charge in [0, 0.05) is 0 Å². The first-order valence-electron chi connectivity index (χ1n) is 6.41. The Morgan fingerprint density at radius 1 is 1.50 bits per heavy atom. The van der Waals surface area contributed by atoms with Crippen LogP contribution in [0.2, 0.25) is 0 Å². The highest BCUT2D eigenvalue weighted by Crippen LogP contribution is 2.07. The van der Waals surface area contributed by atoms with Crippen LogP contribution in [0.5, 0.6) is 0 Å². The van der Waals surface area contributed by atoms with Gasteiger partial charge in [0.05, 0.1) is 11.3 Å². The molecule has 0 unspecified atom stereocenters. The van der Waals surface area contributed by atoms with Gasteiger partial charge >= 0.3 is 5.97 Å². The molecule has 1 amide bonds. The summed E-state index contributed by atoms with van der Waals surface area (Å²) in [6, 6.07) is 3.96. The van der Waals surface area contributed by atoms with Crippen molar-refractivity contribution in [2.24, 2.45) is 0 Å². The Balaban J connectivity index is 2.81. The normalized spacial score (nSPS) is 11.4. The van der Waals surface area contributed by atoms with Gasteiger partial charge in [0.25, 0.3) is 5.91 Å². The Morgan fingerprint density at radius 3 is 2.70 bits per heavy atom. The first-order valence-corrected chi connectivity index (χ1v) is 6.41. The van der Waals surface area contributed by atoms with E-state index in [1.807, 2.05) is 13.0 Å². The van der Waals surface area contributed by atoms with Gasteiger partial charge in [-0.05, 0) is 25.5 Å². The van der Waals surface area contributed by atoms with E-state index in [4.69, 9.17) is 10.4 Å². The molecule has 1 aromatic rings. The molecule has 0 radical (unpaired) electrons. The molecule has 1 atom stereocenters. The zero-order valence-corrected chi connectivity index (χ0v) is 11.5. The van der Waals surface area contributed by atoms with Crippen LogP contribution in [0.25, 0.3) is 0 Å². The summed E-state index contributed by atoms with van der Waals surface area (Å²) in [7, 11) is 0. The van der Waals surface area contributed by atoms with Crippen LogP contribution in [0.4, 0.5) is 0 Å². The third-order valence-corrected chi connectivity index (χ3v) is 2.89. The van der Waals surface area contributed by atoms with E-state index in [-0.39, 0.29) is 5.69 Å². The molecule has 20 heavy (non-hydrogen) atoms. The van der Waals surface area contributed by atoms with Crippen LogP contribution in [0.3, 0.4) is 0 Å². The summed E-state index contributed by atoms with van der Waals surface area (Å²) in [4.78, 5) is 27.0. The van der Waals surface area contributed by atoms with E-state index < -0.39 is 17.9 Å². The Kier molecular flexibility index (Phi) is 5.66. The van der Waals surface area contributed by atoms with Crippen molar-refractivity contribution in [2.75, 3.05) is 0 Å². The summed E-state index contributed by atoms with van der Waals surface area (Å²) in [5, 5.41) is 20.3. The van der Waals surface area contributed by atoms with Crippen LogP contribution in [0.1, 0.15) is 47.9 Å². The van der Waals surface area contributed by atoms with Crippen molar-refractivity contribution in [1.82, 2.24) is 10.3 Å². The number of aliphatic carboxylic acids is 1. The highest BCUT2D eigenvalue weighted by molar-refractivity contribution is 5.95. The zero-order chi connectivity index (χ0) is 15.1. The van der Waals surface area contributed by atoms with Crippen molar-refractivity contribution in [2.45, 2.75) is 39.2 Å². The number of pyridine rings is 1. The number of carboxylic acids is 1. The second-order valence-corrected chi connectivity index (χ2v) is 4.45. The molecule has 6 heteroatoms. The maximum Gasteiger partial charge on any atom is 0.326 e. The second-order valence-electron chi connectivity index (χ2n) is 4.45. The largest absolute Gasteiger partial charge is 0.480 e. The molecule has 6 nitrogen and oxygen atoms in total. The van der Waals surface area contributed by atoms with Gasteiger partial charge in [-0.15, -0.1) is 0 Å². The van der Waals surface area contributed by atoms with Gasteiger partial charge < -0.3 is 10.4 Å². The molecule has 0 bridgehead atoms. The van der Waals surface area contributed by atoms with Gasteiger partial charge in [-0.1, -0.05) is 19.8 Å². The van der Waals surface area contributed by atoms with Crippen LogP contribution in [-0.4, -0.2) is 28.0 Å². The van der Waals surface area contributed by atoms with Crippen LogP contribution in [0, 0.1) is 18.3 Å². The second kappa shape index (κ2) is 7.24. The number of aromatic nitrogens is 1. The fourth-order valence-electron chi connectivity index (χ4n) is 1.70. The van der Waals surface area contributed by atoms with Gasteiger partial charge in [-0.2, -0.15) is 5.26 Å². The Morgan fingerprint density at radius 2 is 2.20 bits per heavy atom. The molecule has 1 heterocycles. The van der Waals surface area contributed by atoms with Crippen LogP contribution >= 0.6 is 0 Å². The number of hydrogen-bond acceptors (Lipinski definition) is 4. The van der Waals surface area contributed by atoms with E-state index >= 15 is 0 Å². The van der Waals surface area contributed by atoms with E-state index in [0.29, 0.717) is 17.7 Å². The first-order chi connectivity index (χ1) is 9.49. The summed E-state index contributed by atoms with van der Waals surface area (Å²) < 4.78 is 0. The molecule has 0 aliphatic carbocycles. The number of unbranched alkanes of at least 4 members (excludes halogenated alkanes) is 1. The number of rotatable bonds is 6. The SMILES string of the molecule is CCCC[C@H](NC(=O)c1ccc(C#N)c(C)n1)C(=O)O. The number of carbonyl (C=O) groups is 2. The van der Waals surface area contributed by atoms with Gasteiger partial charge in [-0.3, -0.25) is 4.79 Å². The lowest BCUT2D eigenvalue weighted by atomic mass is 10.1. The van der Waals surface area contributed by atoms with Crippen molar-refractivity contribution < 1.29 is 14.7 Å². The molecular formula is C14H17N3O3. The molecule has 0 saturated carbocycles. The lowest BCUT2D eigenvalue weighted by Gasteiger charge is -2.13. The van der Waals surface area contributed by atoms with Gasteiger partial charge in [0.15, 0.2) is 0 Å². The number of carboxylic acid groups (broad SMARTS) is 1. The van der Waals surface area contributed by atoms with Crippen molar-refractivity contribution in [3.05, 3.63) is 29.1 Å². The minimum absolute atomic E-state index is 0.115. The minimum Gasteiger partial charge on any atom is -0.480 e. The monoisotopic (exact) mass is 275 g/mol. The number of hydrogen-bond donors (Lipinski definition) is 2. The summed E-state index contributed by atoms with van der Waals surface area (Å²) in [5.74, 6) is -1.60. The smallest absolute Gasteiger partial charge is 0.326 e. The van der Waals surface area contributed by atoms with Crippen LogP contribution in [-0.2, 0) is 4.79 Å². The van der Waals surface area contributed by atoms with E-state index in [2.05, 4.69) is 10.3 Å². The maximum absolute atomic E-state index is 12.0. The van der Waals surface area contributed by atoms with Gasteiger partial charge in [-0.25, -0.2) is 9.78 Å². The van der Waals surface area contributed by atoms with Crippen LogP contribution < -0.4 is 5.32 Å². The number of amides is 1. The summed E-state index contributed by atoms with van der Waals surface area (Å²) >= 11 is 0. The predicted octanol–water partition coefficient (Wildman–Crippen LogP) is 1.63. The van der Waals surface area contributed by atoms with E-state index in [1.54, 1.807) is 6.92 Å². The van der Waals surface area contributed by atoms with Crippen LogP contribution in [0.15, 0.2) is 12.1 Å². The molecule has 1 rings (SSSR count). The molecule has 0 saturated heterocycles. The number of carbonyl (C=O) groups excluding carboxylic acids is 1. The number of nitrogens with one attached hydrogen (secondary N) is 1. The highest BCUT2D eigenvalue weighted by Gasteiger charge is 2.20. The van der Waals surface area contributed by atoms with E-state index in [0.717, 1.165) is 12.8 Å². The number of nitriles is 1. The minimum atomic E-state index is -1.06. The third kappa shape index (κ3) is 4.05. The van der Waals surface area contributed by atoms with Crippen molar-refractivity contribution in [3.63, 3.8) is 0 Å². The molecule has 0 spiro atoms. The highest BCUT2D eigenvalue weighted by atomic mass is 16.4. The van der Waals surface area contributed by atoms with Gasteiger partial charge in [0.2, 0.25) is 0 Å². The fourth-order valence-corrected chi connectivity index (χ4v) is 1.70. The molecule has 1 aromatic heterocycles. The summed E-state index contributed by atoms with van der Waals surface area (Å²) in [5.41, 5.74) is 0.951. The average molecular weight is 275 g/mol. The maximum atomic E-state index is 12.0. The Labute approximate surface area is 117 Å². The average Bonchev–Trinajstić information content (AvgIpc) is 2.42. The van der Waals surface area contributed by atoms with Crippen molar-refractivity contribution in [1.29, 1.82) is 5.26 Å². The molecule has 0 aliphatic rings. The summed E-state index contributed by atoms with van der Waals surface area (Å²) in [6.45, 7) is 3.58. The molecule has 2 N–H and O–H groups in total. The molecule has 0 aliphatic heterocycles. The quantitative estimate of drug-likeness (QED) is 0.821. The lowest BCUT2D eigenvalue weighted by molar-refractivity contribution is -0.139.